The van der Waals surface area contributed by atoms with Crippen LogP contribution in [0.15, 0.2) is 57.9 Å². The number of carbonyl (C=O) groups is 1. The highest BCUT2D eigenvalue weighted by Gasteiger charge is 2.10. The van der Waals surface area contributed by atoms with Gasteiger partial charge < -0.3 is 10.2 Å². The number of benzene rings is 2. The maximum Gasteiger partial charge on any atom is 0.234 e. The monoisotopic (exact) mass is 418 g/mol. The molecule has 1 aliphatic heterocycles. The smallest absolute Gasteiger partial charge is 0.234 e. The normalized spacial score (nSPS) is 14.8. The molecule has 0 aliphatic carbocycles. The molecule has 132 valence electrons. The summed E-state index contributed by atoms with van der Waals surface area (Å²) in [5.74, 6) is 0.436. The Kier molecular flexibility index (Phi) is 6.82. The van der Waals surface area contributed by atoms with Gasteiger partial charge in [-0.2, -0.15) is 0 Å². The van der Waals surface area contributed by atoms with Gasteiger partial charge in [0.15, 0.2) is 0 Å². The first kappa shape index (κ1) is 18.3. The summed E-state index contributed by atoms with van der Waals surface area (Å²) in [5, 5.41) is 2.98. The minimum atomic E-state index is 0.0236. The molecule has 5 heteroatoms. The van der Waals surface area contributed by atoms with Crippen molar-refractivity contribution in [1.29, 1.82) is 0 Å². The van der Waals surface area contributed by atoms with Crippen LogP contribution in [0.5, 0.6) is 0 Å². The molecule has 0 unspecified atom stereocenters. The zero-order valence-electron chi connectivity index (χ0n) is 14.2. The summed E-state index contributed by atoms with van der Waals surface area (Å²) in [6.07, 6.45) is 5.21. The first-order valence-electron chi connectivity index (χ1n) is 8.74. The molecular weight excluding hydrogens is 396 g/mol. The van der Waals surface area contributed by atoms with Gasteiger partial charge in [-0.25, -0.2) is 0 Å². The minimum Gasteiger partial charge on any atom is -0.372 e. The van der Waals surface area contributed by atoms with Gasteiger partial charge in [0.1, 0.15) is 0 Å². The maximum atomic E-state index is 12.1. The fraction of sp³-hybridized carbons (Fsp3) is 0.350. The summed E-state index contributed by atoms with van der Waals surface area (Å²) in [5.41, 5.74) is 2.11. The second-order valence-corrected chi connectivity index (χ2v) is 8.20. The molecule has 0 aromatic heterocycles. The minimum absolute atomic E-state index is 0.0236. The average molecular weight is 419 g/mol. The topological polar surface area (TPSA) is 32.3 Å². The highest BCUT2D eigenvalue weighted by atomic mass is 79.9. The van der Waals surface area contributed by atoms with E-state index in [0.29, 0.717) is 5.75 Å². The SMILES string of the molecule is O=C(CSc1ccc(Br)cc1)Nc1ccc(N2CCCCCC2)cc1. The summed E-state index contributed by atoms with van der Waals surface area (Å²) >= 11 is 4.96. The van der Waals surface area contributed by atoms with E-state index in [-0.39, 0.29) is 5.91 Å². The third-order valence-electron chi connectivity index (χ3n) is 4.31. The van der Waals surface area contributed by atoms with Crippen molar-refractivity contribution >= 4 is 45.0 Å². The Morgan fingerprint density at radius 2 is 1.60 bits per heavy atom. The lowest BCUT2D eigenvalue weighted by Crippen LogP contribution is -2.23. The number of hydrogen-bond acceptors (Lipinski definition) is 3. The van der Waals surface area contributed by atoms with Crippen molar-refractivity contribution in [3.05, 3.63) is 53.0 Å². The molecule has 1 N–H and O–H groups in total. The zero-order valence-corrected chi connectivity index (χ0v) is 16.6. The Hall–Kier alpha value is -1.46. The van der Waals surface area contributed by atoms with Gasteiger partial charge in [-0.05, 0) is 61.4 Å². The molecule has 3 rings (SSSR count). The third kappa shape index (κ3) is 5.79. The van der Waals surface area contributed by atoms with Crippen LogP contribution in [0.2, 0.25) is 0 Å². The Morgan fingerprint density at radius 1 is 0.960 bits per heavy atom. The van der Waals surface area contributed by atoms with Crippen LogP contribution in [0.25, 0.3) is 0 Å². The lowest BCUT2D eigenvalue weighted by atomic mass is 10.2. The molecule has 1 heterocycles. The number of hydrogen-bond donors (Lipinski definition) is 1. The van der Waals surface area contributed by atoms with Gasteiger partial charge in [-0.15, -0.1) is 11.8 Å². The number of anilines is 2. The second kappa shape index (κ2) is 9.30. The number of nitrogens with zero attached hydrogens (tertiary/aromatic N) is 1. The largest absolute Gasteiger partial charge is 0.372 e. The van der Waals surface area contributed by atoms with Crippen LogP contribution in [0.4, 0.5) is 11.4 Å². The van der Waals surface area contributed by atoms with Gasteiger partial charge in [0.2, 0.25) is 5.91 Å². The molecule has 2 aromatic carbocycles. The van der Waals surface area contributed by atoms with Gasteiger partial charge in [-0.3, -0.25) is 4.79 Å². The van der Waals surface area contributed by atoms with Gasteiger partial charge in [-0.1, -0.05) is 28.8 Å². The van der Waals surface area contributed by atoms with Crippen LogP contribution in [0.1, 0.15) is 25.7 Å². The van der Waals surface area contributed by atoms with Crippen molar-refractivity contribution in [3.63, 3.8) is 0 Å². The lowest BCUT2D eigenvalue weighted by molar-refractivity contribution is -0.113. The van der Waals surface area contributed by atoms with Gasteiger partial charge in [0, 0.05) is 33.8 Å². The van der Waals surface area contributed by atoms with Crippen molar-refractivity contribution in [2.24, 2.45) is 0 Å². The predicted octanol–water partition coefficient (Wildman–Crippen LogP) is 5.56. The highest BCUT2D eigenvalue weighted by Crippen LogP contribution is 2.23. The van der Waals surface area contributed by atoms with E-state index in [2.05, 4.69) is 38.3 Å². The first-order valence-corrected chi connectivity index (χ1v) is 10.5. The van der Waals surface area contributed by atoms with Crippen molar-refractivity contribution < 1.29 is 4.79 Å². The van der Waals surface area contributed by atoms with Crippen LogP contribution >= 0.6 is 27.7 Å². The van der Waals surface area contributed by atoms with E-state index < -0.39 is 0 Å². The molecule has 1 amide bonds. The maximum absolute atomic E-state index is 12.1. The molecule has 0 bridgehead atoms. The fourth-order valence-electron chi connectivity index (χ4n) is 2.96. The Balaban J connectivity index is 1.50. The number of nitrogens with one attached hydrogen (secondary N) is 1. The van der Waals surface area contributed by atoms with E-state index in [4.69, 9.17) is 0 Å². The first-order chi connectivity index (χ1) is 12.2. The lowest BCUT2D eigenvalue weighted by Gasteiger charge is -2.22. The van der Waals surface area contributed by atoms with E-state index in [1.807, 2.05) is 36.4 Å². The summed E-state index contributed by atoms with van der Waals surface area (Å²) in [6.45, 7) is 2.27. The summed E-state index contributed by atoms with van der Waals surface area (Å²) < 4.78 is 1.05. The molecule has 0 saturated carbocycles. The Bertz CT molecular complexity index is 680. The van der Waals surface area contributed by atoms with Crippen molar-refractivity contribution in [1.82, 2.24) is 0 Å². The summed E-state index contributed by atoms with van der Waals surface area (Å²) in [6, 6.07) is 16.2. The third-order valence-corrected chi connectivity index (χ3v) is 5.85. The van der Waals surface area contributed by atoms with Crippen LogP contribution in [0.3, 0.4) is 0 Å². The molecule has 3 nitrogen and oxygen atoms in total. The van der Waals surface area contributed by atoms with E-state index in [1.165, 1.54) is 31.4 Å². The molecule has 0 radical (unpaired) electrons. The Labute approximate surface area is 162 Å². The molecule has 1 aliphatic rings. The van der Waals surface area contributed by atoms with Gasteiger partial charge in [0.05, 0.1) is 5.75 Å². The number of rotatable bonds is 5. The number of halogens is 1. The number of amides is 1. The molecule has 2 aromatic rings. The molecule has 0 spiro atoms. The molecule has 1 fully saturated rings. The number of thioether (sulfide) groups is 1. The predicted molar refractivity (Wildman–Crippen MR) is 111 cm³/mol. The van der Waals surface area contributed by atoms with Crippen molar-refractivity contribution in [2.75, 3.05) is 29.1 Å². The molecule has 1 saturated heterocycles. The van der Waals surface area contributed by atoms with E-state index in [1.54, 1.807) is 11.8 Å². The van der Waals surface area contributed by atoms with E-state index >= 15 is 0 Å². The highest BCUT2D eigenvalue weighted by molar-refractivity contribution is 9.10. The standard InChI is InChI=1S/C20H23BrN2OS/c21-16-5-11-19(12-6-16)25-15-20(24)22-17-7-9-18(10-8-17)23-13-3-1-2-4-14-23/h5-12H,1-4,13-15H2,(H,22,24). The quantitative estimate of drug-likeness (QED) is 0.644. The zero-order chi connectivity index (χ0) is 17.5. The van der Waals surface area contributed by atoms with Crippen LogP contribution in [0, 0.1) is 0 Å². The van der Waals surface area contributed by atoms with Crippen molar-refractivity contribution in [3.8, 4) is 0 Å². The fourth-order valence-corrected chi connectivity index (χ4v) is 3.92. The van der Waals surface area contributed by atoms with Crippen LogP contribution < -0.4 is 10.2 Å². The summed E-state index contributed by atoms with van der Waals surface area (Å²) in [7, 11) is 0. The van der Waals surface area contributed by atoms with Gasteiger partial charge in [0.25, 0.3) is 0 Å². The molecule has 25 heavy (non-hydrogen) atoms. The average Bonchev–Trinajstić information content (AvgIpc) is 2.91. The summed E-state index contributed by atoms with van der Waals surface area (Å²) in [4.78, 5) is 15.7. The van der Waals surface area contributed by atoms with E-state index in [9.17, 15) is 4.79 Å². The second-order valence-electron chi connectivity index (χ2n) is 6.24. The number of carbonyl (C=O) groups excluding carboxylic acids is 1. The molecule has 0 atom stereocenters. The van der Waals surface area contributed by atoms with E-state index in [0.717, 1.165) is 28.1 Å². The van der Waals surface area contributed by atoms with Crippen LogP contribution in [-0.2, 0) is 4.79 Å². The van der Waals surface area contributed by atoms with Gasteiger partial charge >= 0.3 is 0 Å². The Morgan fingerprint density at radius 3 is 2.24 bits per heavy atom. The van der Waals surface area contributed by atoms with Crippen molar-refractivity contribution in [2.45, 2.75) is 30.6 Å². The van der Waals surface area contributed by atoms with Crippen LogP contribution in [-0.4, -0.2) is 24.7 Å². The molecular formula is C20H23BrN2OS.